The van der Waals surface area contributed by atoms with Crippen LogP contribution in [0.1, 0.15) is 82.6 Å². The molecule has 2 heteroatoms. The lowest BCUT2D eigenvalue weighted by molar-refractivity contribution is 0.276. The molecule has 1 atom stereocenters. The second-order valence-corrected chi connectivity index (χ2v) is 8.71. The summed E-state index contributed by atoms with van der Waals surface area (Å²) in [6.07, 6.45) is 1.24. The number of hydrogen-bond donors (Lipinski definition) is 2. The maximum atomic E-state index is 3.57. The third kappa shape index (κ3) is 13.6. The molecule has 0 spiro atoms. The molecule has 2 nitrogen and oxygen atoms in total. The van der Waals surface area contributed by atoms with E-state index in [0.717, 1.165) is 30.8 Å². The Bertz CT molecular complexity index is 242. The molecule has 0 heterocycles. The largest absolute Gasteiger partial charge is 0.313 e. The summed E-state index contributed by atoms with van der Waals surface area (Å²) in [5, 5.41) is 7.13. The lowest BCUT2D eigenvalue weighted by Gasteiger charge is -2.31. The fourth-order valence-electron chi connectivity index (χ4n) is 1.91. The second-order valence-electron chi connectivity index (χ2n) is 8.71. The highest BCUT2D eigenvalue weighted by Crippen LogP contribution is 2.15. The standard InChI is InChI=1S/2C10H23N/c1-8(2)7-11-10(5,6)9(3)4;1-6-10(9(4)5)11-7-8(2)3/h8-9,11H,7H2,1-6H3;8-11H,6-7H2,1-5H3. The average molecular weight is 315 g/mol. The molecule has 0 radical (unpaired) electrons. The van der Waals surface area contributed by atoms with Crippen molar-refractivity contribution in [2.45, 2.75) is 94.2 Å². The van der Waals surface area contributed by atoms with E-state index in [1.165, 1.54) is 6.42 Å². The highest BCUT2D eigenvalue weighted by atomic mass is 15.0. The first-order valence-electron chi connectivity index (χ1n) is 9.42. The van der Waals surface area contributed by atoms with Crippen molar-refractivity contribution in [3.8, 4) is 0 Å². The van der Waals surface area contributed by atoms with E-state index in [-0.39, 0.29) is 5.54 Å². The molecule has 0 aliphatic carbocycles. The zero-order valence-corrected chi connectivity index (χ0v) is 17.5. The van der Waals surface area contributed by atoms with Gasteiger partial charge in [0.15, 0.2) is 0 Å². The molecule has 0 aliphatic rings. The molecular formula is C20H46N2. The van der Waals surface area contributed by atoms with Gasteiger partial charge in [-0.3, -0.25) is 0 Å². The molecule has 0 aromatic heterocycles. The van der Waals surface area contributed by atoms with Crippen LogP contribution in [0.4, 0.5) is 0 Å². The molecule has 22 heavy (non-hydrogen) atoms. The van der Waals surface area contributed by atoms with Crippen molar-refractivity contribution in [3.63, 3.8) is 0 Å². The van der Waals surface area contributed by atoms with E-state index >= 15 is 0 Å². The van der Waals surface area contributed by atoms with Crippen LogP contribution in [0.3, 0.4) is 0 Å². The van der Waals surface area contributed by atoms with Crippen LogP contribution in [0.5, 0.6) is 0 Å². The van der Waals surface area contributed by atoms with Gasteiger partial charge in [-0.1, -0.05) is 62.3 Å². The smallest absolute Gasteiger partial charge is 0.0148 e. The molecule has 0 saturated heterocycles. The van der Waals surface area contributed by atoms with Crippen LogP contribution in [0.2, 0.25) is 0 Å². The first-order valence-corrected chi connectivity index (χ1v) is 9.42. The van der Waals surface area contributed by atoms with Crippen LogP contribution >= 0.6 is 0 Å². The summed E-state index contributed by atoms with van der Waals surface area (Å²) in [4.78, 5) is 0. The molecule has 0 saturated carbocycles. The molecule has 0 aliphatic heterocycles. The summed E-state index contributed by atoms with van der Waals surface area (Å²) in [6.45, 7) is 27.1. The maximum Gasteiger partial charge on any atom is 0.0148 e. The zero-order chi connectivity index (χ0) is 17.9. The first kappa shape index (κ1) is 24.2. The van der Waals surface area contributed by atoms with E-state index in [2.05, 4.69) is 86.8 Å². The zero-order valence-electron chi connectivity index (χ0n) is 17.5. The number of rotatable bonds is 9. The van der Waals surface area contributed by atoms with Gasteiger partial charge in [0.05, 0.1) is 0 Å². The molecule has 0 rings (SSSR count). The van der Waals surface area contributed by atoms with Crippen LogP contribution in [0.25, 0.3) is 0 Å². The normalized spacial score (nSPS) is 13.8. The number of nitrogens with one attached hydrogen (secondary N) is 2. The van der Waals surface area contributed by atoms with Gasteiger partial charge in [0.25, 0.3) is 0 Å². The Balaban J connectivity index is 0. The Hall–Kier alpha value is -0.0800. The summed E-state index contributed by atoms with van der Waals surface area (Å²) in [5.41, 5.74) is 0.282. The SMILES string of the molecule is CC(C)CNC(C)(C)C(C)C.CCC(NCC(C)C)C(C)C. The maximum absolute atomic E-state index is 3.57. The van der Waals surface area contributed by atoms with Crippen molar-refractivity contribution >= 4 is 0 Å². The predicted molar refractivity (Wildman–Crippen MR) is 104 cm³/mol. The first-order chi connectivity index (χ1) is 9.93. The average Bonchev–Trinajstić information content (AvgIpc) is 2.37. The van der Waals surface area contributed by atoms with Crippen molar-refractivity contribution < 1.29 is 0 Å². The molecule has 0 amide bonds. The van der Waals surface area contributed by atoms with Gasteiger partial charge in [-0.2, -0.15) is 0 Å². The van der Waals surface area contributed by atoms with E-state index in [9.17, 15) is 0 Å². The summed E-state index contributed by atoms with van der Waals surface area (Å²) in [5.74, 6) is 2.97. The van der Waals surface area contributed by atoms with Crippen molar-refractivity contribution in [2.75, 3.05) is 13.1 Å². The van der Waals surface area contributed by atoms with E-state index < -0.39 is 0 Å². The Morgan fingerprint density at radius 2 is 1.23 bits per heavy atom. The van der Waals surface area contributed by atoms with Crippen molar-refractivity contribution in [2.24, 2.45) is 23.7 Å². The minimum absolute atomic E-state index is 0.282. The van der Waals surface area contributed by atoms with E-state index in [1.54, 1.807) is 0 Å². The van der Waals surface area contributed by atoms with Gasteiger partial charge in [0.2, 0.25) is 0 Å². The summed E-state index contributed by atoms with van der Waals surface area (Å²) < 4.78 is 0. The molecule has 0 bridgehead atoms. The van der Waals surface area contributed by atoms with Crippen LogP contribution in [-0.4, -0.2) is 24.7 Å². The second kappa shape index (κ2) is 12.4. The highest BCUT2D eigenvalue weighted by molar-refractivity contribution is 4.80. The molecule has 1 unspecified atom stereocenters. The summed E-state index contributed by atoms with van der Waals surface area (Å²) in [7, 11) is 0. The fraction of sp³-hybridized carbons (Fsp3) is 1.00. The van der Waals surface area contributed by atoms with E-state index in [4.69, 9.17) is 0 Å². The van der Waals surface area contributed by atoms with Gasteiger partial charge in [-0.25, -0.2) is 0 Å². The van der Waals surface area contributed by atoms with Crippen LogP contribution in [0, 0.1) is 23.7 Å². The fourth-order valence-corrected chi connectivity index (χ4v) is 1.91. The molecule has 0 aromatic carbocycles. The molecule has 0 fully saturated rings. The summed E-state index contributed by atoms with van der Waals surface area (Å²) in [6, 6.07) is 0.706. The molecular weight excluding hydrogens is 268 g/mol. The monoisotopic (exact) mass is 314 g/mol. The Morgan fingerprint density at radius 3 is 1.50 bits per heavy atom. The Kier molecular flexibility index (Phi) is 13.6. The number of hydrogen-bond acceptors (Lipinski definition) is 2. The minimum atomic E-state index is 0.282. The Morgan fingerprint density at radius 1 is 0.773 bits per heavy atom. The van der Waals surface area contributed by atoms with E-state index in [1.807, 2.05) is 0 Å². The van der Waals surface area contributed by atoms with Crippen molar-refractivity contribution in [3.05, 3.63) is 0 Å². The van der Waals surface area contributed by atoms with Crippen molar-refractivity contribution in [1.82, 2.24) is 10.6 Å². The lowest BCUT2D eigenvalue weighted by atomic mass is 9.90. The third-order valence-electron chi connectivity index (χ3n) is 4.44. The molecule has 0 aromatic rings. The van der Waals surface area contributed by atoms with Gasteiger partial charge in [-0.15, -0.1) is 0 Å². The summed E-state index contributed by atoms with van der Waals surface area (Å²) >= 11 is 0. The highest BCUT2D eigenvalue weighted by Gasteiger charge is 2.20. The van der Waals surface area contributed by atoms with Crippen LogP contribution in [0.15, 0.2) is 0 Å². The predicted octanol–water partition coefficient (Wildman–Crippen LogP) is 5.33. The lowest BCUT2D eigenvalue weighted by Crippen LogP contribution is -2.45. The Labute approximate surface area is 142 Å². The quantitative estimate of drug-likeness (QED) is 0.601. The van der Waals surface area contributed by atoms with Gasteiger partial charge in [0.1, 0.15) is 0 Å². The van der Waals surface area contributed by atoms with Gasteiger partial charge in [0, 0.05) is 11.6 Å². The minimum Gasteiger partial charge on any atom is -0.313 e. The van der Waals surface area contributed by atoms with Crippen LogP contribution < -0.4 is 10.6 Å². The van der Waals surface area contributed by atoms with Crippen LogP contribution in [-0.2, 0) is 0 Å². The van der Waals surface area contributed by atoms with Gasteiger partial charge < -0.3 is 10.6 Å². The molecule has 2 N–H and O–H groups in total. The van der Waals surface area contributed by atoms with Crippen molar-refractivity contribution in [1.29, 1.82) is 0 Å². The van der Waals surface area contributed by atoms with E-state index in [0.29, 0.717) is 12.0 Å². The van der Waals surface area contributed by atoms with Gasteiger partial charge >= 0.3 is 0 Å². The topological polar surface area (TPSA) is 24.1 Å². The van der Waals surface area contributed by atoms with Gasteiger partial charge in [-0.05, 0) is 57.0 Å². The third-order valence-corrected chi connectivity index (χ3v) is 4.44. The molecule has 136 valence electrons.